The summed E-state index contributed by atoms with van der Waals surface area (Å²) in [4.78, 5) is 22.5. The maximum atomic E-state index is 11.5. The Kier molecular flexibility index (Phi) is 4.48. The van der Waals surface area contributed by atoms with Gasteiger partial charge in [0.25, 0.3) is 0 Å². The average Bonchev–Trinajstić information content (AvgIpc) is 2.54. The highest BCUT2D eigenvalue weighted by atomic mass is 16.7. The van der Waals surface area contributed by atoms with Gasteiger partial charge in [0.2, 0.25) is 6.29 Å². The minimum atomic E-state index is -1.80. The van der Waals surface area contributed by atoms with Crippen molar-refractivity contribution in [2.45, 2.75) is 37.6 Å². The number of aryl methyl sites for hydroxylation is 1. The molecule has 1 aliphatic rings. The number of hydrogen-bond acceptors (Lipinski definition) is 8. The Morgan fingerprint density at radius 2 is 1.84 bits per heavy atom. The molecule has 1 fully saturated rings. The molecule has 2 heterocycles. The highest BCUT2D eigenvalue weighted by molar-refractivity contribution is 5.81. The fourth-order valence-electron chi connectivity index (χ4n) is 2.66. The lowest BCUT2D eigenvalue weighted by molar-refractivity contribution is -0.271. The molecule has 1 aromatic heterocycles. The Hall–Kier alpha value is -2.46. The van der Waals surface area contributed by atoms with Gasteiger partial charge in [-0.25, -0.2) is 9.59 Å². The molecule has 1 saturated heterocycles. The van der Waals surface area contributed by atoms with Crippen LogP contribution in [0.25, 0.3) is 11.0 Å². The molecule has 5 atom stereocenters. The largest absolute Gasteiger partial charge is 0.479 e. The summed E-state index contributed by atoms with van der Waals surface area (Å²) >= 11 is 0. The van der Waals surface area contributed by atoms with Gasteiger partial charge in [0.15, 0.2) is 6.10 Å². The highest BCUT2D eigenvalue weighted by Gasteiger charge is 2.48. The number of carboxylic acids is 1. The normalized spacial score (nSPS) is 29.5. The van der Waals surface area contributed by atoms with Crippen LogP contribution in [0.4, 0.5) is 0 Å². The van der Waals surface area contributed by atoms with Crippen molar-refractivity contribution in [2.24, 2.45) is 0 Å². The van der Waals surface area contributed by atoms with Crippen LogP contribution in [-0.4, -0.2) is 57.1 Å². The first-order valence-electron chi connectivity index (χ1n) is 7.41. The summed E-state index contributed by atoms with van der Waals surface area (Å²) < 4.78 is 15.5. The first-order valence-corrected chi connectivity index (χ1v) is 7.41. The molecule has 0 aliphatic carbocycles. The minimum absolute atomic E-state index is 0.123. The molecule has 9 nitrogen and oxygen atoms in total. The number of rotatable bonds is 3. The molecule has 25 heavy (non-hydrogen) atoms. The fourth-order valence-corrected chi connectivity index (χ4v) is 2.66. The van der Waals surface area contributed by atoms with Crippen molar-refractivity contribution in [1.29, 1.82) is 0 Å². The molecule has 1 aliphatic heterocycles. The first kappa shape index (κ1) is 17.4. The monoisotopic (exact) mass is 352 g/mol. The van der Waals surface area contributed by atoms with Crippen LogP contribution in [0.3, 0.4) is 0 Å². The topological polar surface area (TPSA) is 147 Å². The molecular weight excluding hydrogens is 336 g/mol. The standard InChI is InChI=1S/C16H16O9/c1-6-4-10(17)24-9-5-7(2-3-8(6)9)23-16-13(20)11(18)12(19)14(25-16)15(21)22/h2-5,11-14,16,18-20H,1H3,(H,21,22)/t11-,12+,13+,14?,16+/m0/s1. The molecule has 0 bridgehead atoms. The summed E-state index contributed by atoms with van der Waals surface area (Å²) in [6, 6.07) is 5.86. The third-order valence-electron chi connectivity index (χ3n) is 3.99. The van der Waals surface area contributed by atoms with E-state index in [2.05, 4.69) is 0 Å². The number of fused-ring (bicyclic) bond motifs is 1. The molecule has 1 aromatic carbocycles. The van der Waals surface area contributed by atoms with Gasteiger partial charge in [0.05, 0.1) is 0 Å². The molecule has 4 N–H and O–H groups in total. The predicted octanol–water partition coefficient (Wildman–Crippen LogP) is -0.628. The maximum absolute atomic E-state index is 11.5. The van der Waals surface area contributed by atoms with E-state index in [0.717, 1.165) is 0 Å². The van der Waals surface area contributed by atoms with Crippen LogP contribution in [0.1, 0.15) is 5.56 Å². The minimum Gasteiger partial charge on any atom is -0.479 e. The Bertz CT molecular complexity index is 858. The Balaban J connectivity index is 1.89. The molecule has 3 rings (SSSR count). The predicted molar refractivity (Wildman–Crippen MR) is 82.2 cm³/mol. The number of hydrogen-bond donors (Lipinski definition) is 4. The van der Waals surface area contributed by atoms with Crippen LogP contribution in [-0.2, 0) is 9.53 Å². The second-order valence-corrected chi connectivity index (χ2v) is 5.76. The SMILES string of the molecule is Cc1cc(=O)oc2cc(O[C@@H]3OC(C(=O)O)[C@H](O)[C@H](O)[C@H]3O)ccc12. The van der Waals surface area contributed by atoms with Gasteiger partial charge in [0.1, 0.15) is 29.6 Å². The lowest BCUT2D eigenvalue weighted by Crippen LogP contribution is -2.61. The van der Waals surface area contributed by atoms with Crippen LogP contribution in [0.15, 0.2) is 33.5 Å². The summed E-state index contributed by atoms with van der Waals surface area (Å²) in [6.07, 6.45) is -8.53. The van der Waals surface area contributed by atoms with E-state index in [1.54, 1.807) is 13.0 Å². The van der Waals surface area contributed by atoms with Crippen molar-refractivity contribution < 1.29 is 39.1 Å². The molecule has 9 heteroatoms. The van der Waals surface area contributed by atoms with Crippen molar-refractivity contribution in [3.8, 4) is 5.75 Å². The third-order valence-corrected chi connectivity index (χ3v) is 3.99. The van der Waals surface area contributed by atoms with E-state index in [0.29, 0.717) is 10.9 Å². The lowest BCUT2D eigenvalue weighted by atomic mass is 9.99. The first-order chi connectivity index (χ1) is 11.8. The number of aliphatic hydroxyl groups is 3. The summed E-state index contributed by atoms with van der Waals surface area (Å²) in [5.74, 6) is -1.38. The quantitative estimate of drug-likeness (QED) is 0.530. The van der Waals surface area contributed by atoms with E-state index in [-0.39, 0.29) is 11.3 Å². The molecule has 0 saturated carbocycles. The van der Waals surface area contributed by atoms with Crippen LogP contribution < -0.4 is 10.4 Å². The number of carbonyl (C=O) groups is 1. The van der Waals surface area contributed by atoms with Gasteiger partial charge in [-0.15, -0.1) is 0 Å². The number of carboxylic acid groups (broad SMARTS) is 1. The second-order valence-electron chi connectivity index (χ2n) is 5.76. The highest BCUT2D eigenvalue weighted by Crippen LogP contribution is 2.27. The smallest absolute Gasteiger partial charge is 0.336 e. The summed E-state index contributed by atoms with van der Waals surface area (Å²) in [5.41, 5.74) is 0.403. The van der Waals surface area contributed by atoms with E-state index in [4.69, 9.17) is 19.0 Å². The Morgan fingerprint density at radius 3 is 2.52 bits per heavy atom. The molecular formula is C16H16O9. The number of aliphatic carboxylic acids is 1. The lowest BCUT2D eigenvalue weighted by Gasteiger charge is -2.38. The van der Waals surface area contributed by atoms with Crippen LogP contribution in [0, 0.1) is 6.92 Å². The van der Waals surface area contributed by atoms with Crippen molar-refractivity contribution in [2.75, 3.05) is 0 Å². The zero-order valence-electron chi connectivity index (χ0n) is 13.0. The van der Waals surface area contributed by atoms with Gasteiger partial charge in [-0.1, -0.05) is 0 Å². The zero-order chi connectivity index (χ0) is 18.3. The van der Waals surface area contributed by atoms with Gasteiger partial charge in [-0.05, 0) is 24.6 Å². The summed E-state index contributed by atoms with van der Waals surface area (Å²) in [5, 5.41) is 39.1. The van der Waals surface area contributed by atoms with Crippen molar-refractivity contribution in [1.82, 2.24) is 0 Å². The molecule has 1 unspecified atom stereocenters. The molecule has 0 spiro atoms. The van der Waals surface area contributed by atoms with Gasteiger partial charge in [-0.2, -0.15) is 0 Å². The van der Waals surface area contributed by atoms with Crippen molar-refractivity contribution >= 4 is 16.9 Å². The van der Waals surface area contributed by atoms with Gasteiger partial charge in [0, 0.05) is 17.5 Å². The van der Waals surface area contributed by atoms with Crippen molar-refractivity contribution in [3.05, 3.63) is 40.2 Å². The van der Waals surface area contributed by atoms with E-state index in [1.165, 1.54) is 18.2 Å². The van der Waals surface area contributed by atoms with Gasteiger partial charge >= 0.3 is 11.6 Å². The van der Waals surface area contributed by atoms with Crippen LogP contribution in [0.5, 0.6) is 5.75 Å². The third kappa shape index (κ3) is 3.22. The Labute approximate surface area is 140 Å². The molecule has 0 radical (unpaired) electrons. The van der Waals surface area contributed by atoms with E-state index in [1.807, 2.05) is 0 Å². The van der Waals surface area contributed by atoms with E-state index >= 15 is 0 Å². The summed E-state index contributed by atoms with van der Waals surface area (Å²) in [6.45, 7) is 1.74. The number of aliphatic hydroxyl groups excluding tert-OH is 3. The molecule has 134 valence electrons. The molecule has 0 amide bonds. The number of ether oxygens (including phenoxy) is 2. The average molecular weight is 352 g/mol. The van der Waals surface area contributed by atoms with E-state index < -0.39 is 42.3 Å². The van der Waals surface area contributed by atoms with E-state index in [9.17, 15) is 24.9 Å². The zero-order valence-corrected chi connectivity index (χ0v) is 13.0. The van der Waals surface area contributed by atoms with Gasteiger partial charge < -0.3 is 34.3 Å². The van der Waals surface area contributed by atoms with Crippen LogP contribution in [0.2, 0.25) is 0 Å². The fraction of sp³-hybridized carbons (Fsp3) is 0.375. The molecule has 2 aromatic rings. The maximum Gasteiger partial charge on any atom is 0.336 e. The van der Waals surface area contributed by atoms with Crippen LogP contribution >= 0.6 is 0 Å². The van der Waals surface area contributed by atoms with Crippen molar-refractivity contribution in [3.63, 3.8) is 0 Å². The summed E-state index contributed by atoms with van der Waals surface area (Å²) in [7, 11) is 0. The van der Waals surface area contributed by atoms with Gasteiger partial charge in [-0.3, -0.25) is 0 Å². The Morgan fingerprint density at radius 1 is 1.12 bits per heavy atom. The second kappa shape index (κ2) is 6.45. The number of benzene rings is 1.